The van der Waals surface area contributed by atoms with Gasteiger partial charge in [-0.05, 0) is 13.8 Å². The summed E-state index contributed by atoms with van der Waals surface area (Å²) in [5.74, 6) is 0.304. The van der Waals surface area contributed by atoms with E-state index in [1.807, 2.05) is 37.3 Å². The summed E-state index contributed by atoms with van der Waals surface area (Å²) in [4.78, 5) is 12.1. The first-order valence-electron chi connectivity index (χ1n) is 6.95. The van der Waals surface area contributed by atoms with Gasteiger partial charge in [-0.15, -0.1) is 0 Å². The molecule has 0 amide bonds. The van der Waals surface area contributed by atoms with Crippen LogP contribution in [0.25, 0.3) is 17.7 Å². The largest absolute Gasteiger partial charge is 0.478 e. The van der Waals surface area contributed by atoms with Crippen molar-refractivity contribution in [2.75, 3.05) is 13.2 Å². The minimum Gasteiger partial charge on any atom is -0.478 e. The zero-order chi connectivity index (χ0) is 14.8. The maximum Gasteiger partial charge on any atom is 0.340 e. The van der Waals surface area contributed by atoms with Crippen LogP contribution < -0.4 is 4.74 Å². The van der Waals surface area contributed by atoms with Crippen molar-refractivity contribution in [1.29, 1.82) is 0 Å². The first kappa shape index (κ1) is 13.4. The van der Waals surface area contributed by atoms with Crippen LogP contribution in [0.5, 0.6) is 5.88 Å². The topological polar surface area (TPSA) is 52.8 Å². The molecule has 0 aliphatic heterocycles. The number of carbonyl (C=O) groups is 1. The monoisotopic (exact) mass is 284 g/mol. The molecule has 108 valence electrons. The molecule has 0 fully saturated rings. The van der Waals surface area contributed by atoms with E-state index in [1.165, 1.54) is 6.20 Å². The van der Waals surface area contributed by atoms with E-state index in [2.05, 4.69) is 5.10 Å². The molecular formula is C16H16N2O3. The number of hydrogen-bond donors (Lipinski definition) is 0. The molecule has 0 radical (unpaired) electrons. The highest BCUT2D eigenvalue weighted by molar-refractivity contribution is 5.99. The number of allylic oxidation sites excluding steroid dienone is 2. The predicted octanol–water partition coefficient (Wildman–Crippen LogP) is 2.95. The van der Waals surface area contributed by atoms with Crippen molar-refractivity contribution in [3.8, 4) is 5.88 Å². The third-order valence-corrected chi connectivity index (χ3v) is 3.26. The third kappa shape index (κ3) is 2.20. The number of aromatic nitrogens is 2. The number of hydrogen-bond acceptors (Lipinski definition) is 4. The Balaban J connectivity index is 2.26. The molecule has 21 heavy (non-hydrogen) atoms. The van der Waals surface area contributed by atoms with Crippen LogP contribution in [0.3, 0.4) is 0 Å². The van der Waals surface area contributed by atoms with Crippen LogP contribution >= 0.6 is 0 Å². The first-order chi connectivity index (χ1) is 10.3. The predicted molar refractivity (Wildman–Crippen MR) is 80.4 cm³/mol. The zero-order valence-electron chi connectivity index (χ0n) is 12.0. The maximum atomic E-state index is 12.1. The molecule has 5 heteroatoms. The van der Waals surface area contributed by atoms with Gasteiger partial charge >= 0.3 is 5.97 Å². The maximum absolute atomic E-state index is 12.1. The molecule has 0 spiro atoms. The lowest BCUT2D eigenvalue weighted by Gasteiger charge is -2.09. The van der Waals surface area contributed by atoms with Crippen LogP contribution in [0.4, 0.5) is 0 Å². The van der Waals surface area contributed by atoms with Gasteiger partial charge < -0.3 is 9.47 Å². The molecule has 2 aromatic heterocycles. The molecular weight excluding hydrogens is 268 g/mol. The second-order valence-corrected chi connectivity index (χ2v) is 4.54. The van der Waals surface area contributed by atoms with Gasteiger partial charge in [0.05, 0.1) is 30.5 Å². The molecule has 0 N–H and O–H groups in total. The highest BCUT2D eigenvalue weighted by atomic mass is 16.5. The summed E-state index contributed by atoms with van der Waals surface area (Å²) in [6.45, 7) is 4.61. The average molecular weight is 284 g/mol. The molecule has 1 aliphatic carbocycles. The molecule has 1 aliphatic rings. The minimum absolute atomic E-state index is 0.337. The molecule has 2 aromatic rings. The van der Waals surface area contributed by atoms with Crippen molar-refractivity contribution >= 4 is 23.6 Å². The molecule has 0 atom stereocenters. The zero-order valence-corrected chi connectivity index (χ0v) is 12.0. The van der Waals surface area contributed by atoms with Gasteiger partial charge in [-0.25, -0.2) is 4.79 Å². The fourth-order valence-electron chi connectivity index (χ4n) is 2.42. The van der Waals surface area contributed by atoms with E-state index in [9.17, 15) is 4.79 Å². The molecule has 2 heterocycles. The second kappa shape index (κ2) is 5.44. The minimum atomic E-state index is -0.362. The fraction of sp³-hybridized carbons (Fsp3) is 0.250. The fourth-order valence-corrected chi connectivity index (χ4v) is 2.42. The van der Waals surface area contributed by atoms with E-state index in [4.69, 9.17) is 9.47 Å². The number of carbonyl (C=O) groups excluding carboxylic acids is 1. The van der Waals surface area contributed by atoms with E-state index in [-0.39, 0.29) is 5.97 Å². The highest BCUT2D eigenvalue weighted by Crippen LogP contribution is 2.30. The van der Waals surface area contributed by atoms with Crippen LogP contribution in [-0.2, 0) is 4.74 Å². The lowest BCUT2D eigenvalue weighted by atomic mass is 10.1. The van der Waals surface area contributed by atoms with Crippen LogP contribution in [0.1, 0.15) is 35.3 Å². The van der Waals surface area contributed by atoms with E-state index >= 15 is 0 Å². The summed E-state index contributed by atoms with van der Waals surface area (Å²) in [7, 11) is 0. The third-order valence-electron chi connectivity index (χ3n) is 3.26. The van der Waals surface area contributed by atoms with Gasteiger partial charge in [0.1, 0.15) is 0 Å². The number of ether oxygens (including phenoxy) is 2. The Kier molecular flexibility index (Phi) is 3.48. The van der Waals surface area contributed by atoms with E-state index in [0.717, 1.165) is 16.6 Å². The summed E-state index contributed by atoms with van der Waals surface area (Å²) in [5, 5.41) is 4.33. The summed E-state index contributed by atoms with van der Waals surface area (Å²) in [6.07, 6.45) is 9.23. The summed E-state index contributed by atoms with van der Waals surface area (Å²) in [5.41, 5.74) is 3.09. The quantitative estimate of drug-likeness (QED) is 0.810. The Hall–Kier alpha value is -2.56. The summed E-state index contributed by atoms with van der Waals surface area (Å²) >= 11 is 0. The summed E-state index contributed by atoms with van der Waals surface area (Å²) in [6, 6.07) is 1.92. The van der Waals surface area contributed by atoms with Gasteiger partial charge in [0, 0.05) is 17.2 Å². The standard InChI is InChI=1S/C16H16N2O3/c1-3-20-14-9-11-7-5-6-8-12-13(16(19)21-4-2)10-17-18(14)15(11)12/h5-10H,3-4H2,1-2H3. The Bertz CT molecular complexity index is 756. The van der Waals surface area contributed by atoms with Crippen molar-refractivity contribution in [3.63, 3.8) is 0 Å². The van der Waals surface area contributed by atoms with Crippen molar-refractivity contribution in [2.24, 2.45) is 0 Å². The van der Waals surface area contributed by atoms with Crippen LogP contribution in [0.2, 0.25) is 0 Å². The van der Waals surface area contributed by atoms with Gasteiger partial charge in [-0.2, -0.15) is 9.61 Å². The SMILES string of the molecule is CCOC(=O)c1cnn2c(OCC)cc3c2c1C=CC=C3. The Morgan fingerprint density at radius 1 is 1.24 bits per heavy atom. The molecule has 0 aromatic carbocycles. The Morgan fingerprint density at radius 2 is 2.05 bits per heavy atom. The number of esters is 1. The second-order valence-electron chi connectivity index (χ2n) is 4.54. The number of nitrogens with zero attached hydrogens (tertiary/aromatic N) is 2. The summed E-state index contributed by atoms with van der Waals surface area (Å²) < 4.78 is 12.4. The molecule has 0 bridgehead atoms. The first-order valence-corrected chi connectivity index (χ1v) is 6.95. The normalized spacial score (nSPS) is 12.5. The Labute approximate surface area is 122 Å². The van der Waals surface area contributed by atoms with Gasteiger partial charge in [0.15, 0.2) is 0 Å². The van der Waals surface area contributed by atoms with E-state index in [0.29, 0.717) is 24.7 Å². The van der Waals surface area contributed by atoms with Crippen molar-refractivity contribution in [1.82, 2.24) is 9.61 Å². The van der Waals surface area contributed by atoms with E-state index < -0.39 is 0 Å². The smallest absolute Gasteiger partial charge is 0.340 e. The lowest BCUT2D eigenvalue weighted by Crippen LogP contribution is -2.10. The Morgan fingerprint density at radius 3 is 2.81 bits per heavy atom. The number of rotatable bonds is 4. The van der Waals surface area contributed by atoms with Crippen molar-refractivity contribution in [2.45, 2.75) is 13.8 Å². The van der Waals surface area contributed by atoms with Crippen molar-refractivity contribution < 1.29 is 14.3 Å². The molecule has 0 unspecified atom stereocenters. The molecule has 5 nitrogen and oxygen atoms in total. The van der Waals surface area contributed by atoms with Crippen molar-refractivity contribution in [3.05, 3.63) is 41.1 Å². The van der Waals surface area contributed by atoms with Gasteiger partial charge in [-0.3, -0.25) is 0 Å². The molecule has 0 saturated heterocycles. The molecule has 3 rings (SSSR count). The highest BCUT2D eigenvalue weighted by Gasteiger charge is 2.20. The van der Waals surface area contributed by atoms with Crippen LogP contribution in [0, 0.1) is 0 Å². The van der Waals surface area contributed by atoms with Crippen LogP contribution in [-0.4, -0.2) is 28.8 Å². The van der Waals surface area contributed by atoms with Gasteiger partial charge in [-0.1, -0.05) is 24.3 Å². The lowest BCUT2D eigenvalue weighted by molar-refractivity contribution is 0.0525. The van der Waals surface area contributed by atoms with Crippen LogP contribution in [0.15, 0.2) is 24.4 Å². The average Bonchev–Trinajstić information content (AvgIpc) is 2.68. The van der Waals surface area contributed by atoms with Gasteiger partial charge in [0.2, 0.25) is 5.88 Å². The van der Waals surface area contributed by atoms with Gasteiger partial charge in [0.25, 0.3) is 0 Å². The molecule has 0 saturated carbocycles. The van der Waals surface area contributed by atoms with E-state index in [1.54, 1.807) is 11.4 Å².